The van der Waals surface area contributed by atoms with Crippen LogP contribution >= 0.6 is 24.0 Å². The van der Waals surface area contributed by atoms with E-state index in [2.05, 4.69) is 53.2 Å². The monoisotopic (exact) mass is 426 g/mol. The molecule has 1 aromatic heterocycles. The molecule has 0 unspecified atom stereocenters. The SMILES string of the molecule is O=C1SC(=Cc2cn(Cc3ccccc3)c3ccccc23)C(=S)N1c1ccccc1. The third-order valence-electron chi connectivity index (χ3n) is 5.11. The average molecular weight is 427 g/mol. The topological polar surface area (TPSA) is 25.2 Å². The van der Waals surface area contributed by atoms with E-state index >= 15 is 0 Å². The highest BCUT2D eigenvalue weighted by molar-refractivity contribution is 8.20. The van der Waals surface area contributed by atoms with Gasteiger partial charge in [0.2, 0.25) is 0 Å². The summed E-state index contributed by atoms with van der Waals surface area (Å²) in [6, 6.07) is 28.3. The number of fused-ring (bicyclic) bond motifs is 1. The van der Waals surface area contributed by atoms with E-state index in [1.807, 2.05) is 48.5 Å². The Bertz CT molecular complexity index is 1280. The lowest BCUT2D eigenvalue weighted by atomic mass is 10.1. The molecule has 2 heterocycles. The highest BCUT2D eigenvalue weighted by Gasteiger charge is 2.33. The first-order chi connectivity index (χ1) is 14.7. The first kappa shape index (κ1) is 18.9. The van der Waals surface area contributed by atoms with E-state index in [9.17, 15) is 4.79 Å². The minimum atomic E-state index is -0.0644. The number of amides is 1. The number of para-hydroxylation sites is 2. The van der Waals surface area contributed by atoms with Gasteiger partial charge in [-0.25, -0.2) is 0 Å². The Morgan fingerprint density at radius 2 is 1.53 bits per heavy atom. The van der Waals surface area contributed by atoms with E-state index < -0.39 is 0 Å². The Morgan fingerprint density at radius 3 is 2.30 bits per heavy atom. The standard InChI is InChI=1S/C25H18N2OS2/c28-25-27(20-11-5-2-6-12-20)24(29)23(30-25)15-19-17-26(16-18-9-3-1-4-10-18)22-14-8-7-13-21(19)22/h1-15,17H,16H2. The molecule has 3 nitrogen and oxygen atoms in total. The van der Waals surface area contributed by atoms with Crippen LogP contribution in [-0.2, 0) is 6.54 Å². The molecule has 0 atom stereocenters. The van der Waals surface area contributed by atoms with Gasteiger partial charge in [-0.3, -0.25) is 9.69 Å². The van der Waals surface area contributed by atoms with Crippen molar-refractivity contribution >= 4 is 56.9 Å². The fourth-order valence-electron chi connectivity index (χ4n) is 3.71. The number of thioether (sulfide) groups is 1. The minimum Gasteiger partial charge on any atom is -0.342 e. The molecular formula is C25H18N2OS2. The summed E-state index contributed by atoms with van der Waals surface area (Å²) in [5, 5.41) is 1.08. The molecule has 0 bridgehead atoms. The first-order valence-electron chi connectivity index (χ1n) is 9.65. The van der Waals surface area contributed by atoms with Crippen molar-refractivity contribution in [2.24, 2.45) is 0 Å². The van der Waals surface area contributed by atoms with E-state index in [-0.39, 0.29) is 5.24 Å². The molecule has 5 rings (SSSR count). The van der Waals surface area contributed by atoms with Gasteiger partial charge in [0.05, 0.1) is 10.6 Å². The molecule has 146 valence electrons. The molecule has 0 radical (unpaired) electrons. The number of rotatable bonds is 4. The molecule has 0 spiro atoms. The number of hydrogen-bond donors (Lipinski definition) is 0. The zero-order valence-electron chi connectivity index (χ0n) is 16.1. The summed E-state index contributed by atoms with van der Waals surface area (Å²) in [6.07, 6.45) is 4.18. The van der Waals surface area contributed by atoms with Crippen LogP contribution in [0.5, 0.6) is 0 Å². The molecule has 0 aliphatic carbocycles. The van der Waals surface area contributed by atoms with Crippen LogP contribution in [0, 0.1) is 0 Å². The lowest BCUT2D eigenvalue weighted by molar-refractivity contribution is 0.268. The van der Waals surface area contributed by atoms with E-state index in [4.69, 9.17) is 12.2 Å². The van der Waals surface area contributed by atoms with Crippen molar-refractivity contribution in [3.05, 3.63) is 107 Å². The Hall–Kier alpha value is -3.15. The van der Waals surface area contributed by atoms with E-state index in [1.165, 1.54) is 17.3 Å². The molecule has 1 aliphatic heterocycles. The normalized spacial score (nSPS) is 15.5. The van der Waals surface area contributed by atoms with Crippen molar-refractivity contribution in [1.82, 2.24) is 4.57 Å². The molecule has 0 N–H and O–H groups in total. The molecule has 3 aromatic carbocycles. The quantitative estimate of drug-likeness (QED) is 0.267. The number of hydrogen-bond acceptors (Lipinski definition) is 3. The van der Waals surface area contributed by atoms with Crippen LogP contribution in [0.1, 0.15) is 11.1 Å². The van der Waals surface area contributed by atoms with Gasteiger partial charge >= 0.3 is 0 Å². The second-order valence-electron chi connectivity index (χ2n) is 7.07. The second-order valence-corrected chi connectivity index (χ2v) is 8.45. The fraction of sp³-hybridized carbons (Fsp3) is 0.0400. The summed E-state index contributed by atoms with van der Waals surface area (Å²) in [6.45, 7) is 0.789. The lowest BCUT2D eigenvalue weighted by Crippen LogP contribution is -2.26. The van der Waals surface area contributed by atoms with Crippen LogP contribution in [0.2, 0.25) is 0 Å². The maximum atomic E-state index is 12.7. The molecule has 1 saturated heterocycles. The average Bonchev–Trinajstić information content (AvgIpc) is 3.26. The van der Waals surface area contributed by atoms with Gasteiger partial charge in [0.15, 0.2) is 0 Å². The summed E-state index contributed by atoms with van der Waals surface area (Å²) in [5.74, 6) is 0. The predicted octanol–water partition coefficient (Wildman–Crippen LogP) is 6.73. The van der Waals surface area contributed by atoms with Crippen LogP contribution in [0.4, 0.5) is 10.5 Å². The Labute approximate surface area is 184 Å². The highest BCUT2D eigenvalue weighted by atomic mass is 32.2. The minimum absolute atomic E-state index is 0.0644. The van der Waals surface area contributed by atoms with Crippen molar-refractivity contribution < 1.29 is 4.79 Å². The Balaban J connectivity index is 1.53. The number of thiocarbonyl (C=S) groups is 1. The number of carbonyl (C=O) groups is 1. The van der Waals surface area contributed by atoms with E-state index in [0.717, 1.165) is 33.6 Å². The van der Waals surface area contributed by atoms with Crippen LogP contribution < -0.4 is 4.90 Å². The van der Waals surface area contributed by atoms with Gasteiger partial charge in [-0.05, 0) is 41.6 Å². The summed E-state index contributed by atoms with van der Waals surface area (Å²) >= 11 is 6.85. The third kappa shape index (κ3) is 3.47. The van der Waals surface area contributed by atoms with Gasteiger partial charge in [-0.2, -0.15) is 0 Å². The zero-order valence-corrected chi connectivity index (χ0v) is 17.7. The smallest absolute Gasteiger partial charge is 0.296 e. The van der Waals surface area contributed by atoms with Gasteiger partial charge in [-0.15, -0.1) is 0 Å². The summed E-state index contributed by atoms with van der Waals surface area (Å²) in [7, 11) is 0. The Morgan fingerprint density at radius 1 is 0.867 bits per heavy atom. The largest absolute Gasteiger partial charge is 0.342 e. The highest BCUT2D eigenvalue weighted by Crippen LogP contribution is 2.37. The molecule has 4 aromatic rings. The zero-order chi connectivity index (χ0) is 20.5. The molecule has 1 amide bonds. The lowest BCUT2D eigenvalue weighted by Gasteiger charge is -2.14. The molecule has 1 fully saturated rings. The molecule has 1 aliphatic rings. The Kier molecular flexibility index (Phi) is 4.99. The van der Waals surface area contributed by atoms with Gasteiger partial charge in [0.25, 0.3) is 5.24 Å². The summed E-state index contributed by atoms with van der Waals surface area (Å²) in [4.78, 5) is 15.6. The van der Waals surface area contributed by atoms with E-state index in [1.54, 1.807) is 4.90 Å². The van der Waals surface area contributed by atoms with Crippen LogP contribution in [0.3, 0.4) is 0 Å². The van der Waals surface area contributed by atoms with Gasteiger partial charge in [-0.1, -0.05) is 78.9 Å². The maximum Gasteiger partial charge on any atom is 0.296 e. The van der Waals surface area contributed by atoms with Gasteiger partial charge in [0.1, 0.15) is 4.99 Å². The van der Waals surface area contributed by atoms with E-state index in [0.29, 0.717) is 4.99 Å². The van der Waals surface area contributed by atoms with Crippen molar-refractivity contribution in [1.29, 1.82) is 0 Å². The van der Waals surface area contributed by atoms with Crippen molar-refractivity contribution in [2.45, 2.75) is 6.54 Å². The maximum absolute atomic E-state index is 12.7. The predicted molar refractivity (Wildman–Crippen MR) is 130 cm³/mol. The van der Waals surface area contributed by atoms with Crippen LogP contribution in [0.25, 0.3) is 17.0 Å². The number of aromatic nitrogens is 1. The molecular weight excluding hydrogens is 408 g/mol. The first-order valence-corrected chi connectivity index (χ1v) is 10.9. The van der Waals surface area contributed by atoms with Gasteiger partial charge in [0, 0.05) is 29.2 Å². The molecule has 0 saturated carbocycles. The van der Waals surface area contributed by atoms with Crippen LogP contribution in [-0.4, -0.2) is 14.8 Å². The molecule has 5 heteroatoms. The summed E-state index contributed by atoms with van der Waals surface area (Å²) < 4.78 is 2.25. The third-order valence-corrected chi connectivity index (χ3v) is 6.53. The number of anilines is 1. The van der Waals surface area contributed by atoms with Crippen molar-refractivity contribution in [3.63, 3.8) is 0 Å². The van der Waals surface area contributed by atoms with Crippen molar-refractivity contribution in [2.75, 3.05) is 4.90 Å². The fourth-order valence-corrected chi connectivity index (χ4v) is 4.98. The second kappa shape index (κ2) is 7.94. The van der Waals surface area contributed by atoms with Crippen LogP contribution in [0.15, 0.2) is 96.0 Å². The summed E-state index contributed by atoms with van der Waals surface area (Å²) in [5.41, 5.74) is 4.27. The number of benzene rings is 3. The number of nitrogens with zero attached hydrogens (tertiary/aromatic N) is 2. The molecule has 30 heavy (non-hydrogen) atoms. The van der Waals surface area contributed by atoms with Gasteiger partial charge < -0.3 is 4.57 Å². The number of carbonyl (C=O) groups excluding carboxylic acids is 1. The van der Waals surface area contributed by atoms with Crippen molar-refractivity contribution in [3.8, 4) is 0 Å².